The fourth-order valence-electron chi connectivity index (χ4n) is 3.18. The molecule has 0 aromatic carbocycles. The molecule has 1 aromatic rings. The van der Waals surface area contributed by atoms with Gasteiger partial charge in [0.1, 0.15) is 5.82 Å². The molecule has 3 heterocycles. The number of fused-ring (bicyclic) bond motifs is 1. The number of aryl methyl sites for hydroxylation is 1. The van der Waals surface area contributed by atoms with Crippen LogP contribution in [0.4, 0.5) is 4.79 Å². The SMILES string of the molecule is C[C@@H]1CCSCCN1C(=O)N[C@H](C)c1nnc2n1CCCC2. The lowest BCUT2D eigenvalue weighted by Gasteiger charge is -2.28. The third kappa shape index (κ3) is 3.24. The van der Waals surface area contributed by atoms with Crippen molar-refractivity contribution in [3.8, 4) is 0 Å². The fraction of sp³-hybridized carbons (Fsp3) is 0.800. The Morgan fingerprint density at radius 3 is 3.05 bits per heavy atom. The highest BCUT2D eigenvalue weighted by molar-refractivity contribution is 7.99. The Morgan fingerprint density at radius 1 is 1.32 bits per heavy atom. The summed E-state index contributed by atoms with van der Waals surface area (Å²) in [7, 11) is 0. The lowest BCUT2D eigenvalue weighted by Crippen LogP contribution is -2.46. The smallest absolute Gasteiger partial charge is 0.318 e. The highest BCUT2D eigenvalue weighted by Gasteiger charge is 2.26. The summed E-state index contributed by atoms with van der Waals surface area (Å²) in [5, 5.41) is 11.7. The molecule has 0 radical (unpaired) electrons. The highest BCUT2D eigenvalue weighted by atomic mass is 32.2. The summed E-state index contributed by atoms with van der Waals surface area (Å²) in [6.45, 7) is 5.92. The number of urea groups is 1. The Balaban J connectivity index is 1.67. The largest absolute Gasteiger partial charge is 0.328 e. The molecule has 7 heteroatoms. The first-order chi connectivity index (χ1) is 10.7. The van der Waals surface area contributed by atoms with E-state index in [2.05, 4.69) is 27.0 Å². The highest BCUT2D eigenvalue weighted by Crippen LogP contribution is 2.20. The Kier molecular flexibility index (Phi) is 4.90. The summed E-state index contributed by atoms with van der Waals surface area (Å²) in [5.41, 5.74) is 0. The zero-order valence-corrected chi connectivity index (χ0v) is 14.2. The van der Waals surface area contributed by atoms with Gasteiger partial charge in [-0.15, -0.1) is 10.2 Å². The van der Waals surface area contributed by atoms with Crippen molar-refractivity contribution in [2.75, 3.05) is 18.1 Å². The Bertz CT molecular complexity index is 532. The molecule has 2 amide bonds. The maximum absolute atomic E-state index is 12.6. The molecule has 122 valence electrons. The van der Waals surface area contributed by atoms with Crippen LogP contribution in [0.3, 0.4) is 0 Å². The zero-order chi connectivity index (χ0) is 15.5. The second-order valence-corrected chi connectivity index (χ2v) is 7.42. The average Bonchev–Trinajstić information content (AvgIpc) is 2.82. The van der Waals surface area contributed by atoms with Gasteiger partial charge in [0, 0.05) is 31.3 Å². The van der Waals surface area contributed by atoms with Crippen LogP contribution in [0.1, 0.15) is 50.8 Å². The molecule has 2 aliphatic heterocycles. The minimum absolute atomic E-state index is 0.0238. The van der Waals surface area contributed by atoms with Gasteiger partial charge < -0.3 is 14.8 Å². The number of aromatic nitrogens is 3. The number of nitrogens with one attached hydrogen (secondary N) is 1. The molecule has 1 fully saturated rings. The van der Waals surface area contributed by atoms with Crippen LogP contribution in [-0.2, 0) is 13.0 Å². The van der Waals surface area contributed by atoms with Crippen molar-refractivity contribution in [1.29, 1.82) is 0 Å². The van der Waals surface area contributed by atoms with Gasteiger partial charge in [0.2, 0.25) is 0 Å². The summed E-state index contributed by atoms with van der Waals surface area (Å²) >= 11 is 1.93. The van der Waals surface area contributed by atoms with Crippen molar-refractivity contribution < 1.29 is 4.79 Å². The molecular weight excluding hydrogens is 298 g/mol. The van der Waals surface area contributed by atoms with Crippen LogP contribution in [0.25, 0.3) is 0 Å². The lowest BCUT2D eigenvalue weighted by molar-refractivity contribution is 0.179. The molecule has 0 saturated carbocycles. The van der Waals surface area contributed by atoms with Gasteiger partial charge in [-0.05, 0) is 38.9 Å². The van der Waals surface area contributed by atoms with Crippen LogP contribution in [0.5, 0.6) is 0 Å². The van der Waals surface area contributed by atoms with E-state index in [9.17, 15) is 4.79 Å². The Labute approximate surface area is 136 Å². The van der Waals surface area contributed by atoms with Gasteiger partial charge in [-0.25, -0.2) is 4.79 Å². The van der Waals surface area contributed by atoms with Gasteiger partial charge in [0.05, 0.1) is 6.04 Å². The average molecular weight is 323 g/mol. The van der Waals surface area contributed by atoms with E-state index in [-0.39, 0.29) is 12.1 Å². The molecule has 1 saturated heterocycles. The molecule has 1 N–H and O–H groups in total. The summed E-state index contributed by atoms with van der Waals surface area (Å²) in [5.74, 6) is 4.10. The number of amides is 2. The van der Waals surface area contributed by atoms with E-state index in [1.54, 1.807) is 0 Å². The van der Waals surface area contributed by atoms with Crippen molar-refractivity contribution in [3.63, 3.8) is 0 Å². The third-order valence-corrected chi connectivity index (χ3v) is 5.56. The van der Waals surface area contributed by atoms with Gasteiger partial charge in [-0.3, -0.25) is 0 Å². The Morgan fingerprint density at radius 2 is 2.18 bits per heavy atom. The van der Waals surface area contributed by atoms with Gasteiger partial charge in [-0.1, -0.05) is 0 Å². The number of nitrogens with zero attached hydrogens (tertiary/aromatic N) is 4. The number of carbonyl (C=O) groups is 1. The zero-order valence-electron chi connectivity index (χ0n) is 13.4. The second kappa shape index (κ2) is 6.89. The summed E-state index contributed by atoms with van der Waals surface area (Å²) in [6.07, 6.45) is 4.40. The molecule has 3 rings (SSSR count). The topological polar surface area (TPSA) is 63.1 Å². The molecule has 2 atom stereocenters. The van der Waals surface area contributed by atoms with E-state index in [4.69, 9.17) is 0 Å². The molecular formula is C15H25N5OS. The maximum Gasteiger partial charge on any atom is 0.318 e. The van der Waals surface area contributed by atoms with Crippen molar-refractivity contribution in [2.45, 2.75) is 58.2 Å². The summed E-state index contributed by atoms with van der Waals surface area (Å²) in [4.78, 5) is 14.5. The molecule has 1 aromatic heterocycles. The van der Waals surface area contributed by atoms with Crippen LogP contribution in [-0.4, -0.2) is 49.8 Å². The van der Waals surface area contributed by atoms with E-state index in [1.165, 1.54) is 12.8 Å². The molecule has 0 bridgehead atoms. The molecule has 2 aliphatic rings. The monoisotopic (exact) mass is 323 g/mol. The maximum atomic E-state index is 12.6. The fourth-order valence-corrected chi connectivity index (χ4v) is 4.22. The van der Waals surface area contributed by atoms with Gasteiger partial charge in [0.25, 0.3) is 0 Å². The predicted molar refractivity (Wildman–Crippen MR) is 88.0 cm³/mol. The number of carbonyl (C=O) groups excluding carboxylic acids is 1. The van der Waals surface area contributed by atoms with E-state index < -0.39 is 0 Å². The van der Waals surface area contributed by atoms with Gasteiger partial charge in [-0.2, -0.15) is 11.8 Å². The van der Waals surface area contributed by atoms with Crippen LogP contribution in [0.2, 0.25) is 0 Å². The second-order valence-electron chi connectivity index (χ2n) is 6.20. The van der Waals surface area contributed by atoms with Crippen LogP contribution in [0, 0.1) is 0 Å². The molecule has 0 aliphatic carbocycles. The van der Waals surface area contributed by atoms with Crippen molar-refractivity contribution >= 4 is 17.8 Å². The van der Waals surface area contributed by atoms with E-state index in [1.807, 2.05) is 23.6 Å². The predicted octanol–water partition coefficient (Wildman–Crippen LogP) is 2.21. The normalized spacial score (nSPS) is 23.5. The number of rotatable bonds is 2. The summed E-state index contributed by atoms with van der Waals surface area (Å²) in [6, 6.07) is 0.222. The lowest BCUT2D eigenvalue weighted by atomic mass is 10.1. The first-order valence-corrected chi connectivity index (χ1v) is 9.39. The quantitative estimate of drug-likeness (QED) is 0.906. The van der Waals surface area contributed by atoms with E-state index in [0.717, 1.165) is 49.1 Å². The van der Waals surface area contributed by atoms with Crippen molar-refractivity contribution in [3.05, 3.63) is 11.6 Å². The first kappa shape index (κ1) is 15.6. The van der Waals surface area contributed by atoms with Crippen molar-refractivity contribution in [2.24, 2.45) is 0 Å². The Hall–Kier alpha value is -1.24. The third-order valence-electron chi connectivity index (χ3n) is 4.56. The number of hydrogen-bond acceptors (Lipinski definition) is 4. The van der Waals surface area contributed by atoms with E-state index >= 15 is 0 Å². The molecule has 22 heavy (non-hydrogen) atoms. The minimum atomic E-state index is -0.102. The summed E-state index contributed by atoms with van der Waals surface area (Å²) < 4.78 is 2.18. The minimum Gasteiger partial charge on any atom is -0.328 e. The molecule has 0 spiro atoms. The van der Waals surface area contributed by atoms with Crippen LogP contribution in [0.15, 0.2) is 0 Å². The van der Waals surface area contributed by atoms with Gasteiger partial charge in [0.15, 0.2) is 5.82 Å². The van der Waals surface area contributed by atoms with E-state index in [0.29, 0.717) is 6.04 Å². The molecule has 0 unspecified atom stereocenters. The standard InChI is InChI=1S/C15H25N5OS/c1-11-6-9-22-10-8-19(11)15(21)16-12(2)14-18-17-13-5-3-4-7-20(13)14/h11-12H,3-10H2,1-2H3,(H,16,21)/t11-,12-/m1/s1. The van der Waals surface area contributed by atoms with Gasteiger partial charge >= 0.3 is 6.03 Å². The first-order valence-electron chi connectivity index (χ1n) is 8.23. The molecule has 6 nitrogen and oxygen atoms in total. The van der Waals surface area contributed by atoms with Crippen LogP contribution >= 0.6 is 11.8 Å². The number of thioether (sulfide) groups is 1. The van der Waals surface area contributed by atoms with Crippen molar-refractivity contribution in [1.82, 2.24) is 25.0 Å². The number of hydrogen-bond donors (Lipinski definition) is 1. The van der Waals surface area contributed by atoms with Crippen LogP contribution < -0.4 is 5.32 Å².